The molecular formula is C9H12F4O6S2. The second-order valence-corrected chi connectivity index (χ2v) is 7.09. The lowest BCUT2D eigenvalue weighted by atomic mass is 10.4. The van der Waals surface area contributed by atoms with E-state index in [2.05, 4.69) is 8.37 Å². The molecule has 0 atom stereocenters. The monoisotopic (exact) mass is 356 g/mol. The van der Waals surface area contributed by atoms with Crippen molar-refractivity contribution < 1.29 is 42.8 Å². The molecule has 21 heavy (non-hydrogen) atoms. The summed E-state index contributed by atoms with van der Waals surface area (Å²) in [6, 6.07) is 0. The van der Waals surface area contributed by atoms with Crippen LogP contribution in [0, 0.1) is 0 Å². The van der Waals surface area contributed by atoms with Gasteiger partial charge in [0.2, 0.25) is 5.08 Å². The standard InChI is InChI=1S/C9H12F4O6S2/c10-8(11)3-1-5-18-20(14,15)7-21(16,17)19-6-2-4-9(12)13/h3-4H,1-2,5-7H2. The van der Waals surface area contributed by atoms with Crippen LogP contribution in [0.5, 0.6) is 0 Å². The molecule has 0 aromatic rings. The van der Waals surface area contributed by atoms with Gasteiger partial charge < -0.3 is 0 Å². The van der Waals surface area contributed by atoms with Crippen molar-refractivity contribution in [2.24, 2.45) is 0 Å². The SMILES string of the molecule is O=S(=O)(CS(=O)(=O)OCCC=C(F)F)OCCC=C(F)F. The highest BCUT2D eigenvalue weighted by Crippen LogP contribution is 2.06. The van der Waals surface area contributed by atoms with Gasteiger partial charge in [-0.15, -0.1) is 0 Å². The summed E-state index contributed by atoms with van der Waals surface area (Å²) < 4.78 is 99.7. The highest BCUT2D eigenvalue weighted by molar-refractivity contribution is 8.03. The quantitative estimate of drug-likeness (QED) is 0.338. The molecule has 0 aromatic heterocycles. The van der Waals surface area contributed by atoms with E-state index in [0.29, 0.717) is 12.2 Å². The fraction of sp³-hybridized carbons (Fsp3) is 0.556. The van der Waals surface area contributed by atoms with Gasteiger partial charge in [-0.1, -0.05) is 0 Å². The third kappa shape index (κ3) is 12.5. The summed E-state index contributed by atoms with van der Waals surface area (Å²) in [6.45, 7) is -1.32. The third-order valence-corrected chi connectivity index (χ3v) is 5.01. The molecule has 0 saturated carbocycles. The molecule has 0 radical (unpaired) electrons. The Bertz CT molecular complexity index is 521. The molecule has 0 aliphatic rings. The Labute approximate surface area is 119 Å². The van der Waals surface area contributed by atoms with Crippen molar-refractivity contribution in [2.45, 2.75) is 12.8 Å². The van der Waals surface area contributed by atoms with E-state index >= 15 is 0 Å². The summed E-state index contributed by atoms with van der Waals surface area (Å²) in [5.74, 6) is 0. The van der Waals surface area contributed by atoms with E-state index in [1.54, 1.807) is 0 Å². The van der Waals surface area contributed by atoms with Crippen molar-refractivity contribution in [2.75, 3.05) is 18.3 Å². The van der Waals surface area contributed by atoms with E-state index in [4.69, 9.17) is 0 Å². The van der Waals surface area contributed by atoms with Crippen LogP contribution in [0.1, 0.15) is 12.8 Å². The smallest absolute Gasteiger partial charge is 0.269 e. The first-order chi connectivity index (χ1) is 9.54. The zero-order chi connectivity index (χ0) is 16.5. The maximum Gasteiger partial charge on any atom is 0.284 e. The summed E-state index contributed by atoms with van der Waals surface area (Å²) in [7, 11) is -9.08. The largest absolute Gasteiger partial charge is 0.284 e. The summed E-state index contributed by atoms with van der Waals surface area (Å²) in [5, 5.41) is -1.54. The van der Waals surface area contributed by atoms with Crippen LogP contribution in [-0.2, 0) is 28.6 Å². The summed E-state index contributed by atoms with van der Waals surface area (Å²) in [5.41, 5.74) is 0. The van der Waals surface area contributed by atoms with Crippen LogP contribution in [-0.4, -0.2) is 35.1 Å². The lowest BCUT2D eigenvalue weighted by molar-refractivity contribution is 0.312. The molecule has 0 N–H and O–H groups in total. The first-order valence-electron chi connectivity index (χ1n) is 5.30. The van der Waals surface area contributed by atoms with Crippen LogP contribution >= 0.6 is 0 Å². The van der Waals surface area contributed by atoms with Crippen LogP contribution in [0.15, 0.2) is 24.3 Å². The van der Waals surface area contributed by atoms with Gasteiger partial charge >= 0.3 is 0 Å². The van der Waals surface area contributed by atoms with E-state index in [1.165, 1.54) is 0 Å². The normalized spacial score (nSPS) is 12.0. The van der Waals surface area contributed by atoms with Gasteiger partial charge in [-0.05, 0) is 25.0 Å². The van der Waals surface area contributed by atoms with Crippen molar-refractivity contribution in [3.8, 4) is 0 Å². The Morgan fingerprint density at radius 1 is 0.762 bits per heavy atom. The van der Waals surface area contributed by atoms with Gasteiger partial charge in [-0.25, -0.2) is 0 Å². The zero-order valence-corrected chi connectivity index (χ0v) is 12.1. The number of rotatable bonds is 10. The van der Waals surface area contributed by atoms with Gasteiger partial charge in [0.15, 0.2) is 0 Å². The van der Waals surface area contributed by atoms with Crippen molar-refractivity contribution in [3.63, 3.8) is 0 Å². The molecule has 0 amide bonds. The van der Waals surface area contributed by atoms with Gasteiger partial charge in [-0.2, -0.15) is 34.4 Å². The van der Waals surface area contributed by atoms with Crippen molar-refractivity contribution in [3.05, 3.63) is 24.3 Å². The molecule has 0 bridgehead atoms. The summed E-state index contributed by atoms with van der Waals surface area (Å²) in [6.07, 6.45) is -4.11. The molecule has 0 saturated heterocycles. The second-order valence-electron chi connectivity index (χ2n) is 3.44. The van der Waals surface area contributed by atoms with Crippen LogP contribution in [0.4, 0.5) is 17.6 Å². The lowest BCUT2D eigenvalue weighted by Crippen LogP contribution is -2.21. The molecule has 0 rings (SSSR count). The second kappa shape index (κ2) is 9.12. The topological polar surface area (TPSA) is 86.7 Å². The van der Waals surface area contributed by atoms with E-state index in [1.807, 2.05) is 0 Å². The average molecular weight is 356 g/mol. The van der Waals surface area contributed by atoms with E-state index < -0.39 is 63.5 Å². The van der Waals surface area contributed by atoms with E-state index in [9.17, 15) is 34.4 Å². The van der Waals surface area contributed by atoms with Crippen molar-refractivity contribution >= 4 is 20.2 Å². The van der Waals surface area contributed by atoms with Gasteiger partial charge in [0, 0.05) is 0 Å². The molecule has 0 aromatic carbocycles. The molecule has 0 spiro atoms. The van der Waals surface area contributed by atoms with Gasteiger partial charge in [0.25, 0.3) is 32.4 Å². The van der Waals surface area contributed by atoms with E-state index in [0.717, 1.165) is 0 Å². The molecule has 0 aliphatic heterocycles. The van der Waals surface area contributed by atoms with Crippen LogP contribution in [0.25, 0.3) is 0 Å². The lowest BCUT2D eigenvalue weighted by Gasteiger charge is -2.06. The third-order valence-electron chi connectivity index (χ3n) is 1.65. The average Bonchev–Trinajstić information content (AvgIpc) is 2.28. The minimum Gasteiger partial charge on any atom is -0.269 e. The van der Waals surface area contributed by atoms with Crippen LogP contribution < -0.4 is 0 Å². The van der Waals surface area contributed by atoms with Crippen LogP contribution in [0.2, 0.25) is 0 Å². The Morgan fingerprint density at radius 2 is 1.10 bits per heavy atom. The zero-order valence-electron chi connectivity index (χ0n) is 10.5. The van der Waals surface area contributed by atoms with Crippen molar-refractivity contribution in [1.82, 2.24) is 0 Å². The Hall–Kier alpha value is -0.980. The minimum atomic E-state index is -4.54. The predicted molar refractivity (Wildman–Crippen MR) is 64.4 cm³/mol. The molecule has 12 heteroatoms. The number of hydrogen-bond donors (Lipinski definition) is 0. The Kier molecular flexibility index (Phi) is 8.70. The van der Waals surface area contributed by atoms with Gasteiger partial charge in [0.1, 0.15) is 0 Å². The highest BCUT2D eigenvalue weighted by Gasteiger charge is 2.23. The fourth-order valence-corrected chi connectivity index (χ4v) is 3.59. The van der Waals surface area contributed by atoms with Crippen molar-refractivity contribution in [1.29, 1.82) is 0 Å². The predicted octanol–water partition coefficient (Wildman–Crippen LogP) is 1.98. The fourth-order valence-electron chi connectivity index (χ4n) is 0.931. The maximum atomic E-state index is 11.6. The number of hydrogen-bond acceptors (Lipinski definition) is 6. The van der Waals surface area contributed by atoms with Crippen LogP contribution in [0.3, 0.4) is 0 Å². The molecule has 6 nitrogen and oxygen atoms in total. The van der Waals surface area contributed by atoms with Gasteiger partial charge in [-0.3, -0.25) is 8.37 Å². The molecule has 0 heterocycles. The molecule has 0 aliphatic carbocycles. The van der Waals surface area contributed by atoms with E-state index in [-0.39, 0.29) is 0 Å². The molecular weight excluding hydrogens is 344 g/mol. The van der Waals surface area contributed by atoms with Gasteiger partial charge in [0.05, 0.1) is 13.2 Å². The molecule has 124 valence electrons. The summed E-state index contributed by atoms with van der Waals surface area (Å²) >= 11 is 0. The first kappa shape index (κ1) is 20.0. The summed E-state index contributed by atoms with van der Waals surface area (Å²) in [4.78, 5) is 0. The molecule has 0 fully saturated rings. The number of halogens is 4. The Morgan fingerprint density at radius 3 is 1.38 bits per heavy atom. The first-order valence-corrected chi connectivity index (χ1v) is 8.46. The highest BCUT2D eigenvalue weighted by atomic mass is 32.3. The maximum absolute atomic E-state index is 11.6. The minimum absolute atomic E-state index is 0.401. The Balaban J connectivity index is 4.29. The molecule has 0 unspecified atom stereocenters.